The smallest absolute Gasteiger partial charge is 0.241 e. The van der Waals surface area contributed by atoms with Crippen molar-refractivity contribution in [2.45, 2.75) is 25.8 Å². The van der Waals surface area contributed by atoms with Gasteiger partial charge in [0.2, 0.25) is 11.8 Å². The normalized spacial score (nSPS) is 16.9. The van der Waals surface area contributed by atoms with Gasteiger partial charge in [-0.05, 0) is 24.5 Å². The molecule has 0 saturated carbocycles. The van der Waals surface area contributed by atoms with E-state index in [1.54, 1.807) is 13.4 Å². The number of nitrogens with zero attached hydrogens (tertiary/aromatic N) is 4. The molecular weight excluding hydrogens is 316 g/mol. The summed E-state index contributed by atoms with van der Waals surface area (Å²) in [5.74, 6) is 0.775. The molecule has 2 aromatic rings. The van der Waals surface area contributed by atoms with E-state index in [-0.39, 0.29) is 5.91 Å². The molecule has 0 spiro atoms. The third-order valence-electron chi connectivity index (χ3n) is 5.01. The minimum Gasteiger partial charge on any atom is -0.481 e. The summed E-state index contributed by atoms with van der Waals surface area (Å²) in [6.07, 6.45) is 4.43. The summed E-state index contributed by atoms with van der Waals surface area (Å²) >= 11 is 0. The molecule has 0 fully saturated rings. The molecule has 25 heavy (non-hydrogen) atoms. The second-order valence-electron chi connectivity index (χ2n) is 6.55. The van der Waals surface area contributed by atoms with Gasteiger partial charge >= 0.3 is 0 Å². The molecule has 0 bridgehead atoms. The molecule has 1 aromatic heterocycles. The van der Waals surface area contributed by atoms with Crippen LogP contribution in [0.25, 0.3) is 0 Å². The maximum absolute atomic E-state index is 12.9. The van der Waals surface area contributed by atoms with Gasteiger partial charge in [0.1, 0.15) is 6.33 Å². The molecular formula is C19H22N4O2. The van der Waals surface area contributed by atoms with Gasteiger partial charge in [-0.25, -0.2) is 9.97 Å². The van der Waals surface area contributed by atoms with Crippen LogP contribution >= 0.6 is 0 Å². The monoisotopic (exact) mass is 338 g/mol. The molecule has 1 aromatic carbocycles. The van der Waals surface area contributed by atoms with Crippen LogP contribution < -0.4 is 9.64 Å². The van der Waals surface area contributed by atoms with Crippen molar-refractivity contribution in [3.05, 3.63) is 47.4 Å². The van der Waals surface area contributed by atoms with Gasteiger partial charge in [-0.1, -0.05) is 18.2 Å². The molecule has 0 N–H and O–H groups in total. The summed E-state index contributed by atoms with van der Waals surface area (Å²) in [5.41, 5.74) is 4.36. The maximum Gasteiger partial charge on any atom is 0.241 e. The van der Waals surface area contributed by atoms with Gasteiger partial charge in [0, 0.05) is 37.3 Å². The van der Waals surface area contributed by atoms with E-state index >= 15 is 0 Å². The number of para-hydroxylation sites is 1. The lowest BCUT2D eigenvalue weighted by Gasteiger charge is -2.33. The molecule has 0 radical (unpaired) electrons. The number of carbonyl (C=O) groups is 1. The first-order valence-corrected chi connectivity index (χ1v) is 8.73. The van der Waals surface area contributed by atoms with E-state index in [0.29, 0.717) is 19.0 Å². The van der Waals surface area contributed by atoms with Crippen LogP contribution in [0.15, 0.2) is 30.6 Å². The van der Waals surface area contributed by atoms with E-state index in [9.17, 15) is 4.79 Å². The summed E-state index contributed by atoms with van der Waals surface area (Å²) in [6, 6.07) is 8.22. The van der Waals surface area contributed by atoms with Crippen molar-refractivity contribution < 1.29 is 9.53 Å². The van der Waals surface area contributed by atoms with E-state index in [1.165, 1.54) is 5.56 Å². The SMILES string of the molecule is COc1ncnc2c1CN(CC(=O)N1CCCc3ccccc31)CC2. The number of anilines is 1. The second kappa shape index (κ2) is 6.80. The summed E-state index contributed by atoms with van der Waals surface area (Å²) in [4.78, 5) is 25.6. The fourth-order valence-corrected chi connectivity index (χ4v) is 3.75. The molecule has 0 saturated heterocycles. The number of fused-ring (bicyclic) bond motifs is 2. The molecule has 2 aliphatic rings. The lowest BCUT2D eigenvalue weighted by Crippen LogP contribution is -2.44. The molecule has 4 rings (SSSR count). The predicted octanol–water partition coefficient (Wildman–Crippen LogP) is 1.82. The number of benzene rings is 1. The third kappa shape index (κ3) is 3.09. The first kappa shape index (κ1) is 16.0. The summed E-state index contributed by atoms with van der Waals surface area (Å²) in [5, 5.41) is 0. The Morgan fingerprint density at radius 2 is 2.08 bits per heavy atom. The van der Waals surface area contributed by atoms with Gasteiger partial charge in [-0.2, -0.15) is 0 Å². The number of rotatable bonds is 3. The van der Waals surface area contributed by atoms with Crippen molar-refractivity contribution in [2.24, 2.45) is 0 Å². The molecule has 0 unspecified atom stereocenters. The van der Waals surface area contributed by atoms with Crippen LogP contribution in [0.4, 0.5) is 5.69 Å². The number of methoxy groups -OCH3 is 1. The Balaban J connectivity index is 1.49. The average molecular weight is 338 g/mol. The van der Waals surface area contributed by atoms with E-state index in [4.69, 9.17) is 4.74 Å². The van der Waals surface area contributed by atoms with Gasteiger partial charge in [-0.3, -0.25) is 9.69 Å². The van der Waals surface area contributed by atoms with Crippen LogP contribution in [0.3, 0.4) is 0 Å². The minimum atomic E-state index is 0.159. The van der Waals surface area contributed by atoms with Gasteiger partial charge in [-0.15, -0.1) is 0 Å². The second-order valence-corrected chi connectivity index (χ2v) is 6.55. The van der Waals surface area contributed by atoms with Crippen molar-refractivity contribution >= 4 is 11.6 Å². The first-order valence-electron chi connectivity index (χ1n) is 8.73. The average Bonchev–Trinajstić information content (AvgIpc) is 2.67. The number of hydrogen-bond acceptors (Lipinski definition) is 5. The van der Waals surface area contributed by atoms with E-state index < -0.39 is 0 Å². The summed E-state index contributed by atoms with van der Waals surface area (Å²) in [7, 11) is 1.62. The van der Waals surface area contributed by atoms with Crippen LogP contribution in [0.2, 0.25) is 0 Å². The summed E-state index contributed by atoms with van der Waals surface area (Å²) < 4.78 is 5.36. The highest BCUT2D eigenvalue weighted by atomic mass is 16.5. The fourth-order valence-electron chi connectivity index (χ4n) is 3.75. The minimum absolute atomic E-state index is 0.159. The zero-order valence-electron chi connectivity index (χ0n) is 14.4. The number of hydrogen-bond donors (Lipinski definition) is 0. The maximum atomic E-state index is 12.9. The molecule has 2 aliphatic heterocycles. The van der Waals surface area contributed by atoms with Gasteiger partial charge in [0.05, 0.1) is 19.3 Å². The molecule has 6 nitrogen and oxygen atoms in total. The molecule has 6 heteroatoms. The van der Waals surface area contributed by atoms with Crippen LogP contribution in [0.5, 0.6) is 5.88 Å². The topological polar surface area (TPSA) is 58.6 Å². The lowest BCUT2D eigenvalue weighted by atomic mass is 10.0. The Kier molecular flexibility index (Phi) is 4.36. The largest absolute Gasteiger partial charge is 0.481 e. The highest BCUT2D eigenvalue weighted by Gasteiger charge is 2.27. The number of aromatic nitrogens is 2. The van der Waals surface area contributed by atoms with E-state index in [0.717, 1.165) is 49.3 Å². The zero-order valence-corrected chi connectivity index (χ0v) is 14.4. The number of amides is 1. The third-order valence-corrected chi connectivity index (χ3v) is 5.01. The van der Waals surface area contributed by atoms with Gasteiger partial charge in [0.15, 0.2) is 0 Å². The molecule has 0 atom stereocenters. The highest BCUT2D eigenvalue weighted by molar-refractivity contribution is 5.96. The van der Waals surface area contributed by atoms with E-state index in [2.05, 4.69) is 27.0 Å². The van der Waals surface area contributed by atoms with Crippen LogP contribution in [0, 0.1) is 0 Å². The number of ether oxygens (including phenoxy) is 1. The Labute approximate surface area is 147 Å². The number of carbonyl (C=O) groups excluding carboxylic acids is 1. The Morgan fingerprint density at radius 1 is 1.20 bits per heavy atom. The van der Waals surface area contributed by atoms with E-state index in [1.807, 2.05) is 17.0 Å². The van der Waals surface area contributed by atoms with Crippen LogP contribution in [-0.4, -0.2) is 47.5 Å². The van der Waals surface area contributed by atoms with Crippen molar-refractivity contribution in [1.82, 2.24) is 14.9 Å². The van der Waals surface area contributed by atoms with Crippen molar-refractivity contribution in [3.8, 4) is 5.88 Å². The van der Waals surface area contributed by atoms with Crippen molar-refractivity contribution in [1.29, 1.82) is 0 Å². The Bertz CT molecular complexity index is 778. The standard InChI is InChI=1S/C19H22N4O2/c1-25-19-15-11-22(10-8-16(15)20-13-21-19)12-18(24)23-9-4-6-14-5-2-3-7-17(14)23/h2-3,5,7,13H,4,6,8-12H2,1H3. The highest BCUT2D eigenvalue weighted by Crippen LogP contribution is 2.28. The Hall–Kier alpha value is -2.47. The molecule has 0 aliphatic carbocycles. The predicted molar refractivity (Wildman–Crippen MR) is 94.7 cm³/mol. The zero-order chi connectivity index (χ0) is 17.2. The molecule has 3 heterocycles. The molecule has 130 valence electrons. The number of aryl methyl sites for hydroxylation is 1. The van der Waals surface area contributed by atoms with Crippen molar-refractivity contribution in [2.75, 3.05) is 31.6 Å². The first-order chi connectivity index (χ1) is 12.3. The van der Waals surface area contributed by atoms with Gasteiger partial charge in [0.25, 0.3) is 0 Å². The van der Waals surface area contributed by atoms with Crippen LogP contribution in [-0.2, 0) is 24.2 Å². The summed E-state index contributed by atoms with van der Waals surface area (Å²) in [6.45, 7) is 2.69. The van der Waals surface area contributed by atoms with Gasteiger partial charge < -0.3 is 9.64 Å². The fraction of sp³-hybridized carbons (Fsp3) is 0.421. The van der Waals surface area contributed by atoms with Crippen molar-refractivity contribution in [3.63, 3.8) is 0 Å². The Morgan fingerprint density at radius 3 is 2.96 bits per heavy atom. The molecule has 1 amide bonds. The lowest BCUT2D eigenvalue weighted by molar-refractivity contribution is -0.120. The quantitative estimate of drug-likeness (QED) is 0.854. The van der Waals surface area contributed by atoms with Crippen LogP contribution in [0.1, 0.15) is 23.2 Å².